The molecule has 0 bridgehead atoms. The van der Waals surface area contributed by atoms with Gasteiger partial charge in [0.2, 0.25) is 5.91 Å². The van der Waals surface area contributed by atoms with Crippen LogP contribution in [0.3, 0.4) is 0 Å². The fraction of sp³-hybridized carbons (Fsp3) is 0.429. The van der Waals surface area contributed by atoms with Gasteiger partial charge in [0.05, 0.1) is 11.1 Å². The molecule has 5 heteroatoms. The van der Waals surface area contributed by atoms with Crippen molar-refractivity contribution in [3.8, 4) is 6.07 Å². The average molecular weight is 261 g/mol. The molecule has 1 saturated carbocycles. The molecule has 1 aromatic rings. The van der Waals surface area contributed by atoms with Gasteiger partial charge in [0.1, 0.15) is 17.4 Å². The Morgan fingerprint density at radius 2 is 2.37 bits per heavy atom. The first-order valence-corrected chi connectivity index (χ1v) is 6.24. The van der Waals surface area contributed by atoms with Crippen molar-refractivity contribution >= 4 is 11.6 Å². The number of nitriles is 1. The molecule has 0 spiro atoms. The van der Waals surface area contributed by atoms with Crippen LogP contribution in [0.4, 0.5) is 10.1 Å². The molecular formula is C14H16FN3O. The minimum atomic E-state index is -0.654. The zero-order chi connectivity index (χ0) is 14.0. The fourth-order valence-electron chi connectivity index (χ4n) is 2.48. The highest BCUT2D eigenvalue weighted by atomic mass is 19.1. The van der Waals surface area contributed by atoms with E-state index >= 15 is 0 Å². The van der Waals surface area contributed by atoms with Crippen molar-refractivity contribution in [1.82, 2.24) is 0 Å². The number of hydrogen-bond donors (Lipinski definition) is 2. The van der Waals surface area contributed by atoms with Crippen molar-refractivity contribution in [2.75, 3.05) is 5.32 Å². The molecule has 4 nitrogen and oxygen atoms in total. The first kappa shape index (κ1) is 13.5. The Bertz CT molecular complexity index is 552. The highest BCUT2D eigenvalue weighted by molar-refractivity contribution is 5.96. The third-order valence-corrected chi connectivity index (χ3v) is 3.92. The van der Waals surface area contributed by atoms with E-state index < -0.39 is 11.2 Å². The van der Waals surface area contributed by atoms with Crippen LogP contribution in [0.25, 0.3) is 0 Å². The maximum atomic E-state index is 13.5. The zero-order valence-electron chi connectivity index (χ0n) is 10.7. The number of amides is 1. The molecule has 0 aliphatic heterocycles. The first-order valence-electron chi connectivity index (χ1n) is 6.24. The fourth-order valence-corrected chi connectivity index (χ4v) is 2.48. The Hall–Kier alpha value is -1.93. The smallest absolute Gasteiger partial charge is 0.231 e. The highest BCUT2D eigenvalue weighted by Gasteiger charge is 2.43. The van der Waals surface area contributed by atoms with Gasteiger partial charge in [-0.05, 0) is 31.9 Å². The molecule has 3 N–H and O–H groups in total. The summed E-state index contributed by atoms with van der Waals surface area (Å²) in [7, 11) is 0. The van der Waals surface area contributed by atoms with Gasteiger partial charge in [-0.25, -0.2) is 4.39 Å². The summed E-state index contributed by atoms with van der Waals surface area (Å²) in [6.07, 6.45) is 2.41. The molecule has 0 aromatic heterocycles. The molecule has 1 aliphatic carbocycles. The van der Waals surface area contributed by atoms with Crippen molar-refractivity contribution in [2.24, 2.45) is 11.1 Å². The van der Waals surface area contributed by atoms with Gasteiger partial charge < -0.3 is 11.1 Å². The largest absolute Gasteiger partial charge is 0.327 e. The summed E-state index contributed by atoms with van der Waals surface area (Å²) in [5, 5.41) is 11.6. The van der Waals surface area contributed by atoms with Crippen LogP contribution < -0.4 is 11.1 Å². The molecule has 2 atom stereocenters. The Morgan fingerprint density at radius 3 is 2.95 bits per heavy atom. The van der Waals surface area contributed by atoms with Crippen LogP contribution in [-0.2, 0) is 4.79 Å². The van der Waals surface area contributed by atoms with Crippen LogP contribution in [0.15, 0.2) is 18.2 Å². The second kappa shape index (κ2) is 4.98. The lowest BCUT2D eigenvalue weighted by molar-refractivity contribution is -0.125. The number of halogens is 1. The molecular weight excluding hydrogens is 245 g/mol. The SMILES string of the molecule is CC1(C(=O)Nc2cccc(F)c2C#N)CCCC1N. The van der Waals surface area contributed by atoms with Crippen LogP contribution in [0.5, 0.6) is 0 Å². The average Bonchev–Trinajstić information content (AvgIpc) is 2.71. The molecule has 0 heterocycles. The maximum absolute atomic E-state index is 13.5. The number of benzene rings is 1. The normalized spacial score (nSPS) is 25.9. The van der Waals surface area contributed by atoms with Gasteiger partial charge in [0.25, 0.3) is 0 Å². The summed E-state index contributed by atoms with van der Waals surface area (Å²) < 4.78 is 13.5. The quantitative estimate of drug-likeness (QED) is 0.856. The number of carbonyl (C=O) groups is 1. The van der Waals surface area contributed by atoms with E-state index in [1.54, 1.807) is 6.07 Å². The van der Waals surface area contributed by atoms with Gasteiger partial charge in [-0.1, -0.05) is 12.5 Å². The monoisotopic (exact) mass is 261 g/mol. The van der Waals surface area contributed by atoms with Gasteiger partial charge in [-0.2, -0.15) is 5.26 Å². The summed E-state index contributed by atoms with van der Waals surface area (Å²) in [5.41, 5.74) is 5.37. The van der Waals surface area contributed by atoms with Gasteiger partial charge in [-0.15, -0.1) is 0 Å². The Morgan fingerprint density at radius 1 is 1.63 bits per heavy atom. The third-order valence-electron chi connectivity index (χ3n) is 3.92. The topological polar surface area (TPSA) is 78.9 Å². The van der Waals surface area contributed by atoms with Crippen LogP contribution in [-0.4, -0.2) is 11.9 Å². The lowest BCUT2D eigenvalue weighted by Crippen LogP contribution is -2.44. The third kappa shape index (κ3) is 2.32. The molecule has 0 radical (unpaired) electrons. The van der Waals surface area contributed by atoms with Crippen LogP contribution in [0, 0.1) is 22.6 Å². The number of carbonyl (C=O) groups excluding carboxylic acids is 1. The van der Waals surface area contributed by atoms with Gasteiger partial charge in [0.15, 0.2) is 0 Å². The first-order chi connectivity index (χ1) is 8.99. The Balaban J connectivity index is 2.25. The highest BCUT2D eigenvalue weighted by Crippen LogP contribution is 2.38. The predicted molar refractivity (Wildman–Crippen MR) is 69.7 cm³/mol. The second-order valence-corrected chi connectivity index (χ2v) is 5.14. The van der Waals surface area contributed by atoms with E-state index in [0.29, 0.717) is 6.42 Å². The summed E-state index contributed by atoms with van der Waals surface area (Å²) in [6, 6.07) is 5.73. The summed E-state index contributed by atoms with van der Waals surface area (Å²) in [6.45, 7) is 1.81. The predicted octanol–water partition coefficient (Wildman–Crippen LogP) is 2.15. The standard InChI is InChI=1S/C14H16FN3O/c1-14(7-3-6-12(14)17)13(19)18-11-5-2-4-10(15)9(11)8-16/h2,4-5,12H,3,6-7,17H2,1H3,(H,18,19). The molecule has 1 fully saturated rings. The van der Waals surface area contributed by atoms with Crippen molar-refractivity contribution in [1.29, 1.82) is 5.26 Å². The lowest BCUT2D eigenvalue weighted by Gasteiger charge is -2.27. The van der Waals surface area contributed by atoms with E-state index in [1.165, 1.54) is 18.2 Å². The molecule has 0 saturated heterocycles. The van der Waals surface area contributed by atoms with E-state index in [1.807, 2.05) is 6.92 Å². The van der Waals surface area contributed by atoms with Crippen molar-refractivity contribution in [3.63, 3.8) is 0 Å². The number of rotatable bonds is 2. The molecule has 19 heavy (non-hydrogen) atoms. The van der Waals surface area contributed by atoms with Crippen molar-refractivity contribution in [3.05, 3.63) is 29.6 Å². The van der Waals surface area contributed by atoms with Gasteiger partial charge >= 0.3 is 0 Å². The number of nitrogens with zero attached hydrogens (tertiary/aromatic N) is 1. The molecule has 1 aliphatic rings. The summed E-state index contributed by atoms with van der Waals surface area (Å²) in [4.78, 5) is 12.3. The minimum absolute atomic E-state index is 0.147. The molecule has 1 amide bonds. The van der Waals surface area contributed by atoms with Crippen LogP contribution in [0.1, 0.15) is 31.7 Å². The van der Waals surface area contributed by atoms with E-state index in [9.17, 15) is 9.18 Å². The minimum Gasteiger partial charge on any atom is -0.327 e. The van der Waals surface area contributed by atoms with Crippen LogP contribution >= 0.6 is 0 Å². The van der Waals surface area contributed by atoms with E-state index in [4.69, 9.17) is 11.0 Å². The lowest BCUT2D eigenvalue weighted by atomic mass is 9.84. The number of anilines is 1. The summed E-state index contributed by atoms with van der Waals surface area (Å²) >= 11 is 0. The van der Waals surface area contributed by atoms with Crippen molar-refractivity contribution in [2.45, 2.75) is 32.2 Å². The van der Waals surface area contributed by atoms with E-state index in [-0.39, 0.29) is 23.2 Å². The molecule has 100 valence electrons. The van der Waals surface area contributed by atoms with E-state index in [2.05, 4.69) is 5.32 Å². The Labute approximate surface area is 111 Å². The number of nitrogens with one attached hydrogen (secondary N) is 1. The summed E-state index contributed by atoms with van der Waals surface area (Å²) in [5.74, 6) is -0.888. The van der Waals surface area contributed by atoms with E-state index in [0.717, 1.165) is 12.8 Å². The number of hydrogen-bond acceptors (Lipinski definition) is 3. The number of nitrogens with two attached hydrogens (primary N) is 1. The van der Waals surface area contributed by atoms with Gasteiger partial charge in [-0.3, -0.25) is 4.79 Å². The van der Waals surface area contributed by atoms with Gasteiger partial charge in [0, 0.05) is 6.04 Å². The molecule has 2 unspecified atom stereocenters. The van der Waals surface area contributed by atoms with Crippen molar-refractivity contribution < 1.29 is 9.18 Å². The zero-order valence-corrected chi connectivity index (χ0v) is 10.7. The van der Waals surface area contributed by atoms with Crippen LogP contribution in [0.2, 0.25) is 0 Å². The maximum Gasteiger partial charge on any atom is 0.231 e. The Kier molecular flexibility index (Phi) is 3.54. The second-order valence-electron chi connectivity index (χ2n) is 5.14. The molecule has 1 aromatic carbocycles. The molecule has 2 rings (SSSR count).